The third kappa shape index (κ3) is 2.25. The van der Waals surface area contributed by atoms with E-state index in [1.807, 2.05) is 0 Å². The monoisotopic (exact) mass is 209 g/mol. The van der Waals surface area contributed by atoms with Gasteiger partial charge in [0.2, 0.25) is 0 Å². The SMILES string of the molecule is C[C@@H]1CC(C=O)C[C@H](C)N1C1CCCC1. The zero-order valence-corrected chi connectivity index (χ0v) is 9.98. The molecular formula is C13H23NO. The van der Waals surface area contributed by atoms with Gasteiger partial charge >= 0.3 is 0 Å². The Balaban J connectivity index is 2.01. The predicted molar refractivity (Wildman–Crippen MR) is 61.8 cm³/mol. The quantitative estimate of drug-likeness (QED) is 0.652. The lowest BCUT2D eigenvalue weighted by Crippen LogP contribution is -2.51. The van der Waals surface area contributed by atoms with E-state index in [1.54, 1.807) is 0 Å². The molecule has 0 N–H and O–H groups in total. The molecule has 1 unspecified atom stereocenters. The van der Waals surface area contributed by atoms with Gasteiger partial charge < -0.3 is 4.79 Å². The van der Waals surface area contributed by atoms with Crippen molar-refractivity contribution in [3.8, 4) is 0 Å². The highest BCUT2D eigenvalue weighted by atomic mass is 16.1. The molecule has 0 bridgehead atoms. The van der Waals surface area contributed by atoms with Gasteiger partial charge in [-0.2, -0.15) is 0 Å². The van der Waals surface area contributed by atoms with Gasteiger partial charge in [-0.3, -0.25) is 4.90 Å². The molecule has 1 saturated heterocycles. The predicted octanol–water partition coefficient (Wildman–Crippen LogP) is 2.62. The molecule has 0 aromatic carbocycles. The first-order valence-electron chi connectivity index (χ1n) is 6.45. The lowest BCUT2D eigenvalue weighted by Gasteiger charge is -2.45. The van der Waals surface area contributed by atoms with Crippen molar-refractivity contribution in [2.75, 3.05) is 0 Å². The molecule has 0 amide bonds. The van der Waals surface area contributed by atoms with E-state index in [0.29, 0.717) is 18.0 Å². The van der Waals surface area contributed by atoms with Crippen LogP contribution in [-0.2, 0) is 4.79 Å². The Labute approximate surface area is 93.0 Å². The Hall–Kier alpha value is -0.370. The molecule has 0 radical (unpaired) electrons. The normalized spacial score (nSPS) is 39.5. The van der Waals surface area contributed by atoms with Gasteiger partial charge in [0.1, 0.15) is 6.29 Å². The molecule has 1 aliphatic carbocycles. The van der Waals surface area contributed by atoms with Gasteiger partial charge in [0, 0.05) is 24.0 Å². The molecule has 3 atom stereocenters. The van der Waals surface area contributed by atoms with Gasteiger partial charge in [0.25, 0.3) is 0 Å². The fraction of sp³-hybridized carbons (Fsp3) is 0.923. The maximum absolute atomic E-state index is 10.9. The summed E-state index contributed by atoms with van der Waals surface area (Å²) in [5, 5.41) is 0. The van der Waals surface area contributed by atoms with E-state index in [9.17, 15) is 4.79 Å². The van der Waals surface area contributed by atoms with Gasteiger partial charge in [0.05, 0.1) is 0 Å². The number of hydrogen-bond donors (Lipinski definition) is 0. The van der Waals surface area contributed by atoms with E-state index in [4.69, 9.17) is 0 Å². The van der Waals surface area contributed by atoms with E-state index in [0.717, 1.165) is 18.9 Å². The lowest BCUT2D eigenvalue weighted by atomic mass is 9.86. The summed E-state index contributed by atoms with van der Waals surface area (Å²) in [7, 11) is 0. The van der Waals surface area contributed by atoms with E-state index in [1.165, 1.54) is 32.0 Å². The van der Waals surface area contributed by atoms with Crippen LogP contribution >= 0.6 is 0 Å². The number of piperidine rings is 1. The highest BCUT2D eigenvalue weighted by molar-refractivity contribution is 5.53. The van der Waals surface area contributed by atoms with Crippen molar-refractivity contribution >= 4 is 6.29 Å². The minimum Gasteiger partial charge on any atom is -0.303 e. The summed E-state index contributed by atoms with van der Waals surface area (Å²) in [6, 6.07) is 2.02. The van der Waals surface area contributed by atoms with Crippen LogP contribution in [0.25, 0.3) is 0 Å². The zero-order chi connectivity index (χ0) is 10.8. The minimum atomic E-state index is 0.313. The third-order valence-corrected chi connectivity index (χ3v) is 4.24. The van der Waals surface area contributed by atoms with Crippen LogP contribution in [0.15, 0.2) is 0 Å². The van der Waals surface area contributed by atoms with Gasteiger partial charge in [0.15, 0.2) is 0 Å². The van der Waals surface area contributed by atoms with Crippen LogP contribution in [0.5, 0.6) is 0 Å². The molecule has 2 rings (SSSR count). The van der Waals surface area contributed by atoms with Gasteiger partial charge in [-0.1, -0.05) is 12.8 Å². The average molecular weight is 209 g/mol. The van der Waals surface area contributed by atoms with Gasteiger partial charge in [-0.05, 0) is 39.5 Å². The Morgan fingerprint density at radius 2 is 1.60 bits per heavy atom. The summed E-state index contributed by atoms with van der Waals surface area (Å²) in [4.78, 5) is 13.5. The summed E-state index contributed by atoms with van der Waals surface area (Å²) in [5.41, 5.74) is 0. The zero-order valence-electron chi connectivity index (χ0n) is 9.98. The maximum Gasteiger partial charge on any atom is 0.123 e. The van der Waals surface area contributed by atoms with Crippen molar-refractivity contribution in [1.29, 1.82) is 0 Å². The Kier molecular flexibility index (Phi) is 3.45. The molecule has 15 heavy (non-hydrogen) atoms. The fourth-order valence-corrected chi connectivity index (χ4v) is 3.68. The van der Waals surface area contributed by atoms with Crippen molar-refractivity contribution in [2.24, 2.45) is 5.92 Å². The number of hydrogen-bond acceptors (Lipinski definition) is 2. The van der Waals surface area contributed by atoms with Crippen molar-refractivity contribution in [1.82, 2.24) is 4.90 Å². The molecule has 2 heteroatoms. The average Bonchev–Trinajstić information content (AvgIpc) is 2.69. The van der Waals surface area contributed by atoms with Crippen LogP contribution in [0.4, 0.5) is 0 Å². The standard InChI is InChI=1S/C13H23NO/c1-10-7-12(9-15)8-11(2)14(10)13-5-3-4-6-13/h9-13H,3-8H2,1-2H3/t10-,11+,12?. The Morgan fingerprint density at radius 3 is 2.07 bits per heavy atom. The maximum atomic E-state index is 10.9. The second-order valence-electron chi connectivity index (χ2n) is 5.45. The van der Waals surface area contributed by atoms with Crippen LogP contribution in [0.2, 0.25) is 0 Å². The van der Waals surface area contributed by atoms with Crippen LogP contribution in [0.1, 0.15) is 52.4 Å². The van der Waals surface area contributed by atoms with Crippen molar-refractivity contribution in [2.45, 2.75) is 70.5 Å². The molecule has 1 saturated carbocycles. The van der Waals surface area contributed by atoms with Crippen LogP contribution in [0.3, 0.4) is 0 Å². The summed E-state index contributed by atoms with van der Waals surface area (Å²) in [5.74, 6) is 0.313. The van der Waals surface area contributed by atoms with Crippen LogP contribution in [-0.4, -0.2) is 29.3 Å². The summed E-state index contributed by atoms with van der Waals surface area (Å²) in [6.45, 7) is 4.59. The first kappa shape index (κ1) is 11.1. The molecule has 2 fully saturated rings. The molecule has 2 nitrogen and oxygen atoms in total. The second-order valence-corrected chi connectivity index (χ2v) is 5.45. The number of nitrogens with zero attached hydrogens (tertiary/aromatic N) is 1. The van der Waals surface area contributed by atoms with E-state index < -0.39 is 0 Å². The lowest BCUT2D eigenvalue weighted by molar-refractivity contribution is -0.114. The smallest absolute Gasteiger partial charge is 0.123 e. The molecular weight excluding hydrogens is 186 g/mol. The minimum absolute atomic E-state index is 0.313. The number of carbonyl (C=O) groups is 1. The van der Waals surface area contributed by atoms with E-state index >= 15 is 0 Å². The molecule has 0 spiro atoms. The first-order chi connectivity index (χ1) is 7.22. The summed E-state index contributed by atoms with van der Waals surface area (Å²) in [6.07, 6.45) is 8.87. The number of likely N-dealkylation sites (tertiary alicyclic amines) is 1. The Bertz CT molecular complexity index is 211. The molecule has 0 aromatic heterocycles. The topological polar surface area (TPSA) is 20.3 Å². The fourth-order valence-electron chi connectivity index (χ4n) is 3.68. The number of rotatable bonds is 2. The number of carbonyl (C=O) groups excluding carboxylic acids is 1. The molecule has 0 aromatic rings. The molecule has 1 aliphatic heterocycles. The van der Waals surface area contributed by atoms with Gasteiger partial charge in [-0.15, -0.1) is 0 Å². The van der Waals surface area contributed by atoms with Crippen LogP contribution < -0.4 is 0 Å². The highest BCUT2D eigenvalue weighted by Gasteiger charge is 2.35. The molecule has 1 heterocycles. The summed E-state index contributed by atoms with van der Waals surface area (Å²) < 4.78 is 0. The van der Waals surface area contributed by atoms with Crippen LogP contribution in [0, 0.1) is 5.92 Å². The molecule has 86 valence electrons. The van der Waals surface area contributed by atoms with E-state index in [2.05, 4.69) is 18.7 Å². The summed E-state index contributed by atoms with van der Waals surface area (Å²) >= 11 is 0. The first-order valence-corrected chi connectivity index (χ1v) is 6.45. The molecule has 2 aliphatic rings. The highest BCUT2D eigenvalue weighted by Crippen LogP contribution is 2.34. The van der Waals surface area contributed by atoms with Gasteiger partial charge in [-0.25, -0.2) is 0 Å². The second kappa shape index (κ2) is 4.65. The van der Waals surface area contributed by atoms with E-state index in [-0.39, 0.29) is 0 Å². The Morgan fingerprint density at radius 1 is 1.07 bits per heavy atom. The third-order valence-electron chi connectivity index (χ3n) is 4.24. The number of aldehydes is 1. The largest absolute Gasteiger partial charge is 0.303 e. The van der Waals surface area contributed by atoms with Crippen molar-refractivity contribution < 1.29 is 4.79 Å². The van der Waals surface area contributed by atoms with Crippen molar-refractivity contribution in [3.05, 3.63) is 0 Å². The van der Waals surface area contributed by atoms with Crippen molar-refractivity contribution in [3.63, 3.8) is 0 Å².